The molecule has 0 fully saturated rings. The molecule has 2 aliphatic rings. The van der Waals surface area contributed by atoms with Gasteiger partial charge < -0.3 is 24.8 Å². The average Bonchev–Trinajstić information content (AvgIpc) is 3.39. The molecule has 44 heavy (non-hydrogen) atoms. The van der Waals surface area contributed by atoms with Crippen LogP contribution in [0.1, 0.15) is 100 Å². The van der Waals surface area contributed by atoms with Crippen molar-refractivity contribution >= 4 is 11.3 Å². The molecule has 4 heteroatoms. The zero-order valence-electron chi connectivity index (χ0n) is 29.0. The number of benzene rings is 3. The predicted molar refractivity (Wildman–Crippen MR) is 185 cm³/mol. The van der Waals surface area contributed by atoms with Crippen molar-refractivity contribution in [2.24, 2.45) is 5.92 Å². The molecule has 0 aliphatic heterocycles. The van der Waals surface area contributed by atoms with Crippen LogP contribution in [0.3, 0.4) is 0 Å². The Morgan fingerprint density at radius 3 is 1.61 bits per heavy atom. The molecule has 0 spiro atoms. The Balaban J connectivity index is 0.00000264. The van der Waals surface area contributed by atoms with Gasteiger partial charge in [0.25, 0.3) is 0 Å². The predicted octanol–water partition coefficient (Wildman–Crippen LogP) is 5.34. The molecule has 0 saturated heterocycles. The second kappa shape index (κ2) is 13.4. The molecule has 234 valence electrons. The fourth-order valence-corrected chi connectivity index (χ4v) is 19.7. The maximum Gasteiger partial charge on any atom is -1.00 e. The van der Waals surface area contributed by atoms with E-state index in [2.05, 4.69) is 155 Å². The van der Waals surface area contributed by atoms with Crippen molar-refractivity contribution in [2.45, 2.75) is 103 Å². The van der Waals surface area contributed by atoms with Crippen molar-refractivity contribution in [1.29, 1.82) is 0 Å². The first-order valence-electron chi connectivity index (χ1n) is 16.1. The molecule has 5 rings (SSSR count). The van der Waals surface area contributed by atoms with Crippen molar-refractivity contribution in [2.75, 3.05) is 0 Å². The van der Waals surface area contributed by atoms with Crippen molar-refractivity contribution in [3.63, 3.8) is 0 Å². The summed E-state index contributed by atoms with van der Waals surface area (Å²) in [7, 11) is -1.47. The van der Waals surface area contributed by atoms with Crippen LogP contribution in [0.15, 0.2) is 86.9 Å². The molecule has 0 nitrogen and oxygen atoms in total. The number of fused-ring (bicyclic) bond motifs is 3. The fourth-order valence-electron chi connectivity index (χ4n) is 7.39. The maximum atomic E-state index is 2.68. The normalized spacial score (nSPS) is 17.0. The third kappa shape index (κ3) is 6.86. The molecule has 0 N–H and O–H groups in total. The van der Waals surface area contributed by atoms with Gasteiger partial charge in [0.2, 0.25) is 0 Å². The largest absolute Gasteiger partial charge is 1.00 e. The van der Waals surface area contributed by atoms with Gasteiger partial charge in [0.15, 0.2) is 0 Å². The molecule has 3 aromatic rings. The van der Waals surface area contributed by atoms with E-state index in [0.29, 0.717) is 9.54 Å². The summed E-state index contributed by atoms with van der Waals surface area (Å²) in [5, 5.41) is 1.71. The van der Waals surface area contributed by atoms with Gasteiger partial charge in [-0.1, -0.05) is 0 Å². The standard InChI is InChI=1S/C21H25.C10H17Si.C9H10.2ClH.Zr/c1-20(2,3)16-7-9-18-14(12-16)11-15-13-17(21(4,5)6)8-10-19(15)18;1-8-6-9(2)10(7-8)11(3,4)5;1-2-6-9-7-4-3-5-8-9;;;/h7-13H,1-6H3;7-8H,1-5H3;3-5,7-8H,2H2,1H3;2*1H;/q;;;;;+2/p-2. The smallest absolute Gasteiger partial charge is 1.00 e. The minimum Gasteiger partial charge on any atom is -1.00 e. The number of hydrogen-bond acceptors (Lipinski definition) is 0. The Labute approximate surface area is 289 Å². The average molecular weight is 723 g/mol. The molecule has 0 radical (unpaired) electrons. The zero-order chi connectivity index (χ0) is 30.8. The molecule has 1 unspecified atom stereocenters. The Kier molecular flexibility index (Phi) is 11.3. The van der Waals surface area contributed by atoms with Crippen molar-refractivity contribution < 1.29 is 46.1 Å². The first-order valence-corrected chi connectivity index (χ1v) is 23.4. The van der Waals surface area contributed by atoms with Crippen LogP contribution in [0, 0.1) is 5.92 Å². The molecule has 0 saturated carbocycles. The molecule has 0 aromatic heterocycles. The quantitative estimate of drug-likeness (QED) is 0.313. The van der Waals surface area contributed by atoms with E-state index in [4.69, 9.17) is 0 Å². The Morgan fingerprint density at radius 1 is 0.750 bits per heavy atom. The summed E-state index contributed by atoms with van der Waals surface area (Å²) in [6.07, 6.45) is 3.81. The summed E-state index contributed by atoms with van der Waals surface area (Å²) in [5.74, 6) is 0.524. The molecular formula is C40H52Cl2SiZr. The molecule has 3 aromatic carbocycles. The van der Waals surface area contributed by atoms with Crippen molar-refractivity contribution in [1.82, 2.24) is 0 Å². The SMILES string of the molecule is CC/[C](c1ccccc1)=[Zr+2](/[C]1=C(C)C([Si](C)(C)C)=CC1C)[CH]1c2cc(C(C)(C)C)ccc2-c2ccc(C(C)(C)C)cc21.[Cl-].[Cl-]. The first kappa shape index (κ1) is 37.2. The second-order valence-electron chi connectivity index (χ2n) is 15.8. The van der Waals surface area contributed by atoms with Crippen LogP contribution in [0.25, 0.3) is 11.1 Å². The van der Waals surface area contributed by atoms with Crippen LogP contribution in [0.4, 0.5) is 0 Å². The molecular weight excluding hydrogens is 671 g/mol. The van der Waals surface area contributed by atoms with Gasteiger partial charge in [-0.3, -0.25) is 0 Å². The van der Waals surface area contributed by atoms with Gasteiger partial charge >= 0.3 is 267 Å². The van der Waals surface area contributed by atoms with E-state index in [0.717, 1.165) is 6.42 Å². The Hall–Kier alpha value is -1.31. The zero-order valence-corrected chi connectivity index (χ0v) is 34.0. The summed E-state index contributed by atoms with van der Waals surface area (Å²) in [6, 6.07) is 26.5. The Bertz CT molecular complexity index is 1560. The van der Waals surface area contributed by atoms with Crippen molar-refractivity contribution in [3.05, 3.63) is 115 Å². The van der Waals surface area contributed by atoms with Gasteiger partial charge in [0.1, 0.15) is 0 Å². The maximum absolute atomic E-state index is 2.68. The molecule has 0 amide bonds. The minimum absolute atomic E-state index is 0. The summed E-state index contributed by atoms with van der Waals surface area (Å²) in [5.41, 5.74) is 12.5. The van der Waals surface area contributed by atoms with Gasteiger partial charge in [0, 0.05) is 0 Å². The van der Waals surface area contributed by atoms with E-state index in [1.807, 2.05) is 3.28 Å². The summed E-state index contributed by atoms with van der Waals surface area (Å²) < 4.78 is 4.11. The third-order valence-electron chi connectivity index (χ3n) is 9.62. The van der Waals surface area contributed by atoms with Crippen LogP contribution >= 0.6 is 0 Å². The molecule has 0 bridgehead atoms. The second-order valence-corrected chi connectivity index (χ2v) is 27.1. The summed E-state index contributed by atoms with van der Waals surface area (Å²) in [4.78, 5) is 0. The van der Waals surface area contributed by atoms with Gasteiger partial charge in [-0.05, 0) is 0 Å². The van der Waals surface area contributed by atoms with Gasteiger partial charge in [-0.15, -0.1) is 0 Å². The van der Waals surface area contributed by atoms with E-state index in [1.54, 1.807) is 25.1 Å². The van der Waals surface area contributed by atoms with Crippen LogP contribution in [0.2, 0.25) is 19.6 Å². The summed E-state index contributed by atoms with van der Waals surface area (Å²) in [6.45, 7) is 29.3. The van der Waals surface area contributed by atoms with Crippen LogP contribution in [-0.4, -0.2) is 11.3 Å². The fraction of sp³-hybridized carbons (Fsp3) is 0.425. The van der Waals surface area contributed by atoms with Gasteiger partial charge in [-0.25, -0.2) is 0 Å². The molecule has 1 atom stereocenters. The summed E-state index contributed by atoms with van der Waals surface area (Å²) >= 11 is -2.63. The Morgan fingerprint density at radius 2 is 1.23 bits per heavy atom. The van der Waals surface area contributed by atoms with Crippen molar-refractivity contribution in [3.8, 4) is 11.1 Å². The minimum atomic E-state index is -2.63. The first-order chi connectivity index (χ1) is 19.5. The van der Waals surface area contributed by atoms with Crippen LogP contribution in [0.5, 0.6) is 0 Å². The van der Waals surface area contributed by atoms with Gasteiger partial charge in [0.05, 0.1) is 0 Å². The number of hydrogen-bond donors (Lipinski definition) is 0. The van der Waals surface area contributed by atoms with Crippen LogP contribution < -0.4 is 24.8 Å². The molecule has 0 heterocycles. The van der Waals surface area contributed by atoms with E-state index in [9.17, 15) is 0 Å². The van der Waals surface area contributed by atoms with E-state index in [1.165, 1.54) is 27.8 Å². The number of halogens is 2. The molecule has 2 aliphatic carbocycles. The third-order valence-corrected chi connectivity index (χ3v) is 21.4. The topological polar surface area (TPSA) is 0 Å². The van der Waals surface area contributed by atoms with E-state index in [-0.39, 0.29) is 35.6 Å². The van der Waals surface area contributed by atoms with E-state index >= 15 is 0 Å². The van der Waals surface area contributed by atoms with Crippen LogP contribution in [-0.2, 0) is 32.1 Å². The van der Waals surface area contributed by atoms with E-state index < -0.39 is 29.3 Å². The monoisotopic (exact) mass is 720 g/mol. The van der Waals surface area contributed by atoms with Gasteiger partial charge in [-0.2, -0.15) is 0 Å². The number of rotatable bonds is 5. The number of allylic oxidation sites excluding steroid dienone is 4.